The van der Waals surface area contributed by atoms with E-state index in [4.69, 9.17) is 0 Å². The normalized spacial score (nSPS) is 19.2. The number of anilines is 1. The minimum atomic E-state index is -0.517. The summed E-state index contributed by atoms with van der Waals surface area (Å²) < 4.78 is 13.0. The van der Waals surface area contributed by atoms with Crippen molar-refractivity contribution < 1.29 is 18.8 Å². The fourth-order valence-electron chi connectivity index (χ4n) is 4.38. The summed E-state index contributed by atoms with van der Waals surface area (Å²) >= 11 is 0.907. The van der Waals surface area contributed by atoms with E-state index in [1.807, 2.05) is 4.90 Å². The lowest BCUT2D eigenvalue weighted by molar-refractivity contribution is -0.138. The summed E-state index contributed by atoms with van der Waals surface area (Å²) in [7, 11) is 0. The number of hydrogen-bond donors (Lipinski definition) is 1. The number of nitrogens with one attached hydrogen (secondary N) is 1. The number of benzene rings is 1. The number of carbonyl (C=O) groups is 3. The molecule has 3 amide bonds. The number of likely N-dealkylation sites (tertiary alicyclic amines) is 1. The highest BCUT2D eigenvalue weighted by molar-refractivity contribution is 7.15. The molecule has 0 aliphatic carbocycles. The van der Waals surface area contributed by atoms with Gasteiger partial charge in [-0.2, -0.15) is 0 Å². The molecule has 4 rings (SSSR count). The molecule has 34 heavy (non-hydrogen) atoms. The molecule has 2 fully saturated rings. The van der Waals surface area contributed by atoms with Crippen LogP contribution < -0.4 is 5.32 Å². The van der Waals surface area contributed by atoms with Crippen LogP contribution in [-0.4, -0.2) is 88.4 Å². The van der Waals surface area contributed by atoms with Crippen LogP contribution in [0.3, 0.4) is 0 Å². The van der Waals surface area contributed by atoms with Gasteiger partial charge in [-0.1, -0.05) is 18.3 Å². The monoisotopic (exact) mass is 488 g/mol. The smallest absolute Gasteiger partial charge is 0.286 e. The Hall–Kier alpha value is -2.92. The third kappa shape index (κ3) is 5.76. The van der Waals surface area contributed by atoms with Crippen LogP contribution in [0.25, 0.3) is 0 Å². The van der Waals surface area contributed by atoms with Crippen LogP contribution in [0.1, 0.15) is 45.8 Å². The minimum Gasteiger partial charge on any atom is -0.340 e. The summed E-state index contributed by atoms with van der Waals surface area (Å²) in [5, 5.41) is 10.5. The van der Waals surface area contributed by atoms with Crippen LogP contribution in [-0.2, 0) is 4.79 Å². The summed E-state index contributed by atoms with van der Waals surface area (Å²) in [6.45, 7) is 7.35. The zero-order valence-corrected chi connectivity index (χ0v) is 20.0. The average Bonchev–Trinajstić information content (AvgIpc) is 3.36. The molecule has 2 aliphatic rings. The Kier molecular flexibility index (Phi) is 7.84. The van der Waals surface area contributed by atoms with E-state index in [0.29, 0.717) is 18.8 Å². The number of halogens is 1. The predicted molar refractivity (Wildman–Crippen MR) is 126 cm³/mol. The quantitative estimate of drug-likeness (QED) is 0.670. The highest BCUT2D eigenvalue weighted by atomic mass is 32.1. The number of aromatic nitrogens is 2. The van der Waals surface area contributed by atoms with Crippen molar-refractivity contribution in [2.24, 2.45) is 5.92 Å². The number of piperidine rings is 1. The van der Waals surface area contributed by atoms with Crippen molar-refractivity contribution in [3.63, 3.8) is 0 Å². The van der Waals surface area contributed by atoms with E-state index in [1.165, 1.54) is 24.3 Å². The molecule has 3 heterocycles. The second-order valence-electron chi connectivity index (χ2n) is 8.63. The van der Waals surface area contributed by atoms with Crippen molar-refractivity contribution in [2.75, 3.05) is 51.1 Å². The highest BCUT2D eigenvalue weighted by Crippen LogP contribution is 2.23. The molecule has 1 aromatic carbocycles. The first-order chi connectivity index (χ1) is 16.4. The van der Waals surface area contributed by atoms with Gasteiger partial charge in [-0.15, -0.1) is 10.2 Å². The molecule has 2 aromatic rings. The third-order valence-corrected chi connectivity index (χ3v) is 7.10. The van der Waals surface area contributed by atoms with Gasteiger partial charge >= 0.3 is 0 Å². The molecule has 0 spiro atoms. The molecule has 0 radical (unpaired) electrons. The summed E-state index contributed by atoms with van der Waals surface area (Å²) in [5.41, 5.74) is 0.419. The maximum atomic E-state index is 13.1. The number of amides is 3. The van der Waals surface area contributed by atoms with E-state index >= 15 is 0 Å². The first-order valence-corrected chi connectivity index (χ1v) is 12.5. The fourth-order valence-corrected chi connectivity index (χ4v) is 5.09. The van der Waals surface area contributed by atoms with Crippen molar-refractivity contribution in [1.82, 2.24) is 24.9 Å². The van der Waals surface area contributed by atoms with Gasteiger partial charge in [0.25, 0.3) is 11.8 Å². The number of carbonyl (C=O) groups excluding carboxylic acids is 3. The molecule has 2 aliphatic heterocycles. The lowest BCUT2D eigenvalue weighted by Crippen LogP contribution is -2.53. The Bertz CT molecular complexity index is 1020. The Morgan fingerprint density at radius 2 is 1.74 bits per heavy atom. The Balaban J connectivity index is 1.33. The molecule has 1 atom stereocenters. The summed E-state index contributed by atoms with van der Waals surface area (Å²) in [5.74, 6) is -1.34. The summed E-state index contributed by atoms with van der Waals surface area (Å²) in [4.78, 5) is 44.5. The molecule has 2 saturated heterocycles. The van der Waals surface area contributed by atoms with Crippen molar-refractivity contribution in [1.29, 1.82) is 0 Å². The van der Waals surface area contributed by atoms with Gasteiger partial charge in [0, 0.05) is 45.0 Å². The van der Waals surface area contributed by atoms with Gasteiger partial charge in [0.2, 0.25) is 15.9 Å². The molecule has 182 valence electrons. The van der Waals surface area contributed by atoms with Gasteiger partial charge in [-0.3, -0.25) is 19.3 Å². The first kappa shape index (κ1) is 24.2. The number of hydrogen-bond acceptors (Lipinski definition) is 7. The van der Waals surface area contributed by atoms with Crippen LogP contribution in [0.5, 0.6) is 0 Å². The van der Waals surface area contributed by atoms with E-state index < -0.39 is 11.7 Å². The number of piperazine rings is 1. The number of rotatable bonds is 6. The molecular formula is C23H29FN6O3S. The maximum absolute atomic E-state index is 13.1. The van der Waals surface area contributed by atoms with E-state index in [-0.39, 0.29) is 27.7 Å². The maximum Gasteiger partial charge on any atom is 0.286 e. The standard InChI is InChI=1S/C23H29FN6O3S/c1-2-9-28-11-13-29(14-12-28)22(32)16-4-3-10-30(15-16)23(33)21-27-26-20(34-21)19(31)25-18-7-5-17(24)6-8-18/h5-8,16H,2-4,9-15H2,1H3,(H,25,31). The Morgan fingerprint density at radius 1 is 1.03 bits per heavy atom. The van der Waals surface area contributed by atoms with E-state index in [9.17, 15) is 18.8 Å². The van der Waals surface area contributed by atoms with Crippen LogP contribution >= 0.6 is 11.3 Å². The zero-order chi connectivity index (χ0) is 24.1. The van der Waals surface area contributed by atoms with Crippen LogP contribution in [0.2, 0.25) is 0 Å². The molecule has 1 N–H and O–H groups in total. The van der Waals surface area contributed by atoms with Gasteiger partial charge in [0.1, 0.15) is 5.82 Å². The molecule has 0 saturated carbocycles. The molecule has 11 heteroatoms. The third-order valence-electron chi connectivity index (χ3n) is 6.19. The van der Waals surface area contributed by atoms with Gasteiger partial charge in [-0.05, 0) is 50.1 Å². The summed E-state index contributed by atoms with van der Waals surface area (Å²) in [6, 6.07) is 5.36. The Morgan fingerprint density at radius 3 is 2.44 bits per heavy atom. The molecular weight excluding hydrogens is 459 g/mol. The fraction of sp³-hybridized carbons (Fsp3) is 0.522. The largest absolute Gasteiger partial charge is 0.340 e. The molecule has 0 bridgehead atoms. The van der Waals surface area contributed by atoms with Crippen molar-refractivity contribution >= 4 is 34.7 Å². The van der Waals surface area contributed by atoms with Crippen LogP contribution in [0.4, 0.5) is 10.1 Å². The van der Waals surface area contributed by atoms with Crippen molar-refractivity contribution in [3.05, 3.63) is 40.1 Å². The van der Waals surface area contributed by atoms with Crippen LogP contribution in [0.15, 0.2) is 24.3 Å². The van der Waals surface area contributed by atoms with Crippen molar-refractivity contribution in [2.45, 2.75) is 26.2 Å². The summed E-state index contributed by atoms with van der Waals surface area (Å²) in [6.07, 6.45) is 2.61. The van der Waals surface area contributed by atoms with Gasteiger partial charge in [-0.25, -0.2) is 4.39 Å². The minimum absolute atomic E-state index is 0.0438. The molecule has 1 unspecified atom stereocenters. The van der Waals surface area contributed by atoms with Crippen molar-refractivity contribution in [3.8, 4) is 0 Å². The van der Waals surface area contributed by atoms with E-state index in [1.54, 1.807) is 4.90 Å². The molecule has 1 aromatic heterocycles. The average molecular weight is 489 g/mol. The first-order valence-electron chi connectivity index (χ1n) is 11.7. The Labute approximate surface area is 201 Å². The lowest BCUT2D eigenvalue weighted by Gasteiger charge is -2.38. The topological polar surface area (TPSA) is 98.7 Å². The van der Waals surface area contributed by atoms with E-state index in [0.717, 1.165) is 63.3 Å². The second-order valence-corrected chi connectivity index (χ2v) is 9.61. The molecule has 9 nitrogen and oxygen atoms in total. The SMILES string of the molecule is CCCN1CCN(C(=O)C2CCCN(C(=O)c3nnc(C(=O)Nc4ccc(F)cc4)s3)C2)CC1. The lowest BCUT2D eigenvalue weighted by atomic mass is 9.96. The zero-order valence-electron chi connectivity index (χ0n) is 19.2. The van der Waals surface area contributed by atoms with Gasteiger partial charge in [0.05, 0.1) is 5.92 Å². The van der Waals surface area contributed by atoms with Gasteiger partial charge < -0.3 is 15.1 Å². The van der Waals surface area contributed by atoms with Gasteiger partial charge in [0.15, 0.2) is 0 Å². The highest BCUT2D eigenvalue weighted by Gasteiger charge is 2.34. The predicted octanol–water partition coefficient (Wildman–Crippen LogP) is 2.34. The number of nitrogens with zero attached hydrogens (tertiary/aromatic N) is 5. The van der Waals surface area contributed by atoms with E-state index in [2.05, 4.69) is 27.3 Å². The van der Waals surface area contributed by atoms with Crippen LogP contribution in [0, 0.1) is 11.7 Å². The second kappa shape index (κ2) is 11.0.